The van der Waals surface area contributed by atoms with Crippen molar-refractivity contribution < 1.29 is 14.6 Å². The van der Waals surface area contributed by atoms with Crippen molar-refractivity contribution in [1.82, 2.24) is 24.8 Å². The largest absolute Gasteiger partial charge is 0.465 e. The second kappa shape index (κ2) is 8.05. The number of ether oxygens (including phenoxy) is 1. The molecule has 11 heteroatoms. The fourth-order valence-electron chi connectivity index (χ4n) is 5.03. The standard InChI is InChI=1S/C21H28N8O3/c1-2-21(4-6-28(13-21)20(30)31)29-5-3-15-16(14-11-23-18(22)24-12-14)25-19(26-17(15)29)27-7-9-32-10-8-27/h11-12H,2-10,13H2,1H3,(H,30,31)(H2,22,23,24)/t21-/m1/s1. The first-order valence-electron chi connectivity index (χ1n) is 11.1. The molecule has 2 fully saturated rings. The van der Waals surface area contributed by atoms with Crippen LogP contribution < -0.4 is 15.5 Å². The van der Waals surface area contributed by atoms with Crippen LogP contribution in [0.2, 0.25) is 0 Å². The lowest BCUT2D eigenvalue weighted by molar-refractivity contribution is 0.122. The van der Waals surface area contributed by atoms with Crippen molar-refractivity contribution in [2.75, 3.05) is 61.5 Å². The first-order chi connectivity index (χ1) is 15.5. The van der Waals surface area contributed by atoms with Crippen molar-refractivity contribution in [3.8, 4) is 11.3 Å². The van der Waals surface area contributed by atoms with Gasteiger partial charge in [0, 0.05) is 56.2 Å². The van der Waals surface area contributed by atoms with E-state index in [1.807, 2.05) is 0 Å². The number of hydrogen-bond acceptors (Lipinski definition) is 9. The number of aromatic nitrogens is 4. The molecule has 0 spiro atoms. The van der Waals surface area contributed by atoms with Crippen LogP contribution in [-0.4, -0.2) is 87.5 Å². The van der Waals surface area contributed by atoms with E-state index in [0.29, 0.717) is 32.3 Å². The lowest BCUT2D eigenvalue weighted by atomic mass is 9.93. The number of anilines is 3. The molecular formula is C21H28N8O3. The van der Waals surface area contributed by atoms with Gasteiger partial charge in [0.1, 0.15) is 5.82 Å². The van der Waals surface area contributed by atoms with E-state index in [4.69, 9.17) is 20.4 Å². The molecule has 1 atom stereocenters. The van der Waals surface area contributed by atoms with Gasteiger partial charge in [-0.05, 0) is 19.3 Å². The number of hydrogen-bond donors (Lipinski definition) is 2. The highest BCUT2D eigenvalue weighted by Crippen LogP contribution is 2.42. The average molecular weight is 441 g/mol. The molecule has 0 aromatic carbocycles. The summed E-state index contributed by atoms with van der Waals surface area (Å²) in [5.41, 5.74) is 8.11. The molecule has 170 valence electrons. The van der Waals surface area contributed by atoms with Gasteiger partial charge in [-0.25, -0.2) is 19.7 Å². The maximum absolute atomic E-state index is 11.6. The van der Waals surface area contributed by atoms with Crippen molar-refractivity contribution >= 4 is 23.8 Å². The molecule has 0 saturated carbocycles. The monoisotopic (exact) mass is 440 g/mol. The molecule has 2 aromatic rings. The summed E-state index contributed by atoms with van der Waals surface area (Å²) in [5, 5.41) is 9.55. The summed E-state index contributed by atoms with van der Waals surface area (Å²) in [4.78, 5) is 35.9. The van der Waals surface area contributed by atoms with Crippen LogP contribution in [0, 0.1) is 0 Å². The summed E-state index contributed by atoms with van der Waals surface area (Å²) >= 11 is 0. The van der Waals surface area contributed by atoms with Crippen LogP contribution in [0.1, 0.15) is 25.3 Å². The van der Waals surface area contributed by atoms with E-state index in [1.54, 1.807) is 12.4 Å². The van der Waals surface area contributed by atoms with Crippen LogP contribution in [0.4, 0.5) is 22.5 Å². The Morgan fingerprint density at radius 3 is 2.59 bits per heavy atom. The minimum Gasteiger partial charge on any atom is -0.465 e. The molecule has 1 amide bonds. The van der Waals surface area contributed by atoms with Crippen molar-refractivity contribution in [2.24, 2.45) is 0 Å². The minimum absolute atomic E-state index is 0.221. The van der Waals surface area contributed by atoms with Crippen LogP contribution in [0.25, 0.3) is 11.3 Å². The van der Waals surface area contributed by atoms with E-state index >= 15 is 0 Å². The Hall–Kier alpha value is -3.21. The van der Waals surface area contributed by atoms with E-state index in [9.17, 15) is 9.90 Å². The second-order valence-corrected chi connectivity index (χ2v) is 8.54. The molecule has 0 radical (unpaired) electrons. The molecule has 3 aliphatic rings. The summed E-state index contributed by atoms with van der Waals surface area (Å²) < 4.78 is 5.51. The van der Waals surface area contributed by atoms with E-state index in [2.05, 4.69) is 26.7 Å². The number of rotatable bonds is 4. The lowest BCUT2D eigenvalue weighted by Crippen LogP contribution is -2.50. The van der Waals surface area contributed by atoms with E-state index in [0.717, 1.165) is 61.5 Å². The number of amides is 1. The Kier molecular flexibility index (Phi) is 5.20. The highest BCUT2D eigenvalue weighted by atomic mass is 16.5. The zero-order valence-electron chi connectivity index (χ0n) is 18.2. The number of nitrogens with zero attached hydrogens (tertiary/aromatic N) is 7. The summed E-state index contributed by atoms with van der Waals surface area (Å²) in [6, 6.07) is 0. The van der Waals surface area contributed by atoms with Gasteiger partial charge in [-0.1, -0.05) is 6.92 Å². The molecule has 5 heterocycles. The predicted molar refractivity (Wildman–Crippen MR) is 119 cm³/mol. The van der Waals surface area contributed by atoms with Gasteiger partial charge in [0.05, 0.1) is 24.4 Å². The number of carboxylic acid groups (broad SMARTS) is 1. The van der Waals surface area contributed by atoms with Crippen LogP contribution in [0.5, 0.6) is 0 Å². The van der Waals surface area contributed by atoms with Gasteiger partial charge >= 0.3 is 6.09 Å². The second-order valence-electron chi connectivity index (χ2n) is 8.54. The fraction of sp³-hybridized carbons (Fsp3) is 0.571. The predicted octanol–water partition coefficient (Wildman–Crippen LogP) is 1.25. The Bertz CT molecular complexity index is 1010. The SMILES string of the molecule is CC[C@@]1(N2CCc3c(-c4cnc(N)nc4)nc(N4CCOCC4)nc32)CCN(C(=O)O)C1. The summed E-state index contributed by atoms with van der Waals surface area (Å²) in [6.07, 6.45) is 4.95. The average Bonchev–Trinajstić information content (AvgIpc) is 3.45. The Morgan fingerprint density at radius 1 is 1.19 bits per heavy atom. The molecule has 5 rings (SSSR count). The third kappa shape index (κ3) is 3.46. The normalized spacial score (nSPS) is 23.0. The number of morpholine rings is 1. The topological polar surface area (TPSA) is 134 Å². The molecule has 32 heavy (non-hydrogen) atoms. The first-order valence-corrected chi connectivity index (χ1v) is 11.1. The number of carbonyl (C=O) groups is 1. The summed E-state index contributed by atoms with van der Waals surface area (Å²) in [6.45, 7) is 6.64. The van der Waals surface area contributed by atoms with Crippen LogP contribution in [-0.2, 0) is 11.2 Å². The number of fused-ring (bicyclic) bond motifs is 1. The first kappa shape index (κ1) is 20.7. The van der Waals surface area contributed by atoms with Gasteiger partial charge in [0.2, 0.25) is 11.9 Å². The number of likely N-dealkylation sites (tertiary alicyclic amines) is 1. The summed E-state index contributed by atoms with van der Waals surface area (Å²) in [7, 11) is 0. The zero-order valence-corrected chi connectivity index (χ0v) is 18.2. The van der Waals surface area contributed by atoms with Gasteiger partial charge in [-0.3, -0.25) is 0 Å². The number of nitrogen functional groups attached to an aromatic ring is 1. The molecule has 0 aliphatic carbocycles. The van der Waals surface area contributed by atoms with Gasteiger partial charge in [0.25, 0.3) is 0 Å². The molecule has 2 aromatic heterocycles. The van der Waals surface area contributed by atoms with E-state index < -0.39 is 6.09 Å². The molecule has 0 unspecified atom stereocenters. The van der Waals surface area contributed by atoms with Gasteiger partial charge in [0.15, 0.2) is 0 Å². The maximum Gasteiger partial charge on any atom is 0.407 e. The fourth-order valence-corrected chi connectivity index (χ4v) is 5.03. The molecule has 2 saturated heterocycles. The van der Waals surface area contributed by atoms with E-state index in [-0.39, 0.29) is 11.5 Å². The third-order valence-corrected chi connectivity index (χ3v) is 6.89. The molecule has 11 nitrogen and oxygen atoms in total. The third-order valence-electron chi connectivity index (χ3n) is 6.89. The van der Waals surface area contributed by atoms with Gasteiger partial charge < -0.3 is 30.3 Å². The number of nitrogens with two attached hydrogens (primary N) is 1. The minimum atomic E-state index is -0.865. The highest BCUT2D eigenvalue weighted by molar-refractivity contribution is 5.73. The lowest BCUT2D eigenvalue weighted by Gasteiger charge is -2.39. The van der Waals surface area contributed by atoms with Crippen molar-refractivity contribution in [3.05, 3.63) is 18.0 Å². The van der Waals surface area contributed by atoms with Gasteiger partial charge in [-0.15, -0.1) is 0 Å². The van der Waals surface area contributed by atoms with Gasteiger partial charge in [-0.2, -0.15) is 4.98 Å². The van der Waals surface area contributed by atoms with Crippen LogP contribution in [0.3, 0.4) is 0 Å². The molecular weight excluding hydrogens is 412 g/mol. The smallest absolute Gasteiger partial charge is 0.407 e. The molecule has 3 aliphatic heterocycles. The zero-order chi connectivity index (χ0) is 22.3. The Balaban J connectivity index is 1.60. The van der Waals surface area contributed by atoms with Crippen LogP contribution in [0.15, 0.2) is 12.4 Å². The Morgan fingerprint density at radius 2 is 1.94 bits per heavy atom. The quantitative estimate of drug-likeness (QED) is 0.715. The highest BCUT2D eigenvalue weighted by Gasteiger charge is 2.46. The van der Waals surface area contributed by atoms with Crippen molar-refractivity contribution in [1.29, 1.82) is 0 Å². The summed E-state index contributed by atoms with van der Waals surface area (Å²) in [5.74, 6) is 1.77. The van der Waals surface area contributed by atoms with Crippen LogP contribution >= 0.6 is 0 Å². The van der Waals surface area contributed by atoms with Crippen molar-refractivity contribution in [3.63, 3.8) is 0 Å². The van der Waals surface area contributed by atoms with E-state index in [1.165, 1.54) is 4.90 Å². The molecule has 0 bridgehead atoms. The molecule has 3 N–H and O–H groups in total. The Labute approximate surface area is 186 Å². The maximum atomic E-state index is 11.6. The van der Waals surface area contributed by atoms with Crippen molar-refractivity contribution in [2.45, 2.75) is 31.7 Å².